The molecule has 0 aromatic carbocycles. The summed E-state index contributed by atoms with van der Waals surface area (Å²) in [7, 11) is 0. The number of hydrogen-bond acceptors (Lipinski definition) is 4. The molecule has 0 amide bonds. The largest absolute Gasteiger partial charge is 0.388 e. The zero-order valence-corrected chi connectivity index (χ0v) is 10.3. The number of rotatable bonds is 2. The lowest BCUT2D eigenvalue weighted by Crippen LogP contribution is -2.40. The Labute approximate surface area is 94.8 Å². The van der Waals surface area contributed by atoms with Crippen LogP contribution in [-0.4, -0.2) is 33.7 Å². The lowest BCUT2D eigenvalue weighted by Gasteiger charge is -2.31. The van der Waals surface area contributed by atoms with Crippen LogP contribution in [0.4, 0.5) is 0 Å². The molecular weight excluding hydrogens is 208 g/mol. The topological polar surface area (TPSA) is 36.4 Å². The quantitative estimate of drug-likeness (QED) is 0.834. The molecule has 0 aliphatic carbocycles. The molecule has 15 heavy (non-hydrogen) atoms. The van der Waals surface area contributed by atoms with Gasteiger partial charge in [-0.2, -0.15) is 0 Å². The van der Waals surface area contributed by atoms with Crippen LogP contribution in [0.2, 0.25) is 0 Å². The molecule has 1 fully saturated rings. The predicted octanol–water partition coefficient (Wildman–Crippen LogP) is 1.74. The first kappa shape index (κ1) is 11.0. The van der Waals surface area contributed by atoms with E-state index in [4.69, 9.17) is 0 Å². The Bertz CT molecular complexity index is 316. The van der Waals surface area contributed by atoms with Crippen molar-refractivity contribution in [2.24, 2.45) is 5.41 Å². The summed E-state index contributed by atoms with van der Waals surface area (Å²) in [6.07, 6.45) is 1.83. The molecule has 0 bridgehead atoms. The molecule has 0 unspecified atom stereocenters. The molecule has 0 spiro atoms. The highest BCUT2D eigenvalue weighted by Crippen LogP contribution is 2.38. The van der Waals surface area contributed by atoms with Gasteiger partial charge in [0.1, 0.15) is 5.01 Å². The van der Waals surface area contributed by atoms with Crippen molar-refractivity contribution in [2.75, 3.05) is 13.1 Å². The predicted molar refractivity (Wildman–Crippen MR) is 61.8 cm³/mol. The van der Waals surface area contributed by atoms with Gasteiger partial charge in [-0.1, -0.05) is 13.8 Å². The van der Waals surface area contributed by atoms with Gasteiger partial charge in [-0.3, -0.25) is 4.90 Å². The molecule has 84 valence electrons. The van der Waals surface area contributed by atoms with Crippen LogP contribution in [0, 0.1) is 5.41 Å². The maximum absolute atomic E-state index is 10.3. The fourth-order valence-corrected chi connectivity index (χ4v) is 2.73. The SMILES string of the molecule is CC1(C)CN(Cc2nccs2)C[C@@]1(C)O. The van der Waals surface area contributed by atoms with E-state index in [1.807, 2.05) is 18.5 Å². The third kappa shape index (κ3) is 2.07. The number of hydrogen-bond donors (Lipinski definition) is 1. The average molecular weight is 226 g/mol. The van der Waals surface area contributed by atoms with Crippen molar-refractivity contribution in [2.45, 2.75) is 32.9 Å². The van der Waals surface area contributed by atoms with Gasteiger partial charge in [0.25, 0.3) is 0 Å². The van der Waals surface area contributed by atoms with Gasteiger partial charge >= 0.3 is 0 Å². The Morgan fingerprint density at radius 1 is 1.47 bits per heavy atom. The van der Waals surface area contributed by atoms with Crippen LogP contribution in [0.5, 0.6) is 0 Å². The third-order valence-corrected chi connectivity index (χ3v) is 4.22. The Morgan fingerprint density at radius 2 is 2.20 bits per heavy atom. The van der Waals surface area contributed by atoms with E-state index in [1.54, 1.807) is 11.3 Å². The molecule has 1 N–H and O–H groups in total. The van der Waals surface area contributed by atoms with Crippen LogP contribution in [0.1, 0.15) is 25.8 Å². The average Bonchev–Trinajstić information content (AvgIpc) is 2.59. The second-order valence-corrected chi connectivity index (χ2v) is 6.21. The van der Waals surface area contributed by atoms with Crippen LogP contribution in [0.15, 0.2) is 11.6 Å². The third-order valence-electron chi connectivity index (χ3n) is 3.45. The molecule has 0 radical (unpaired) electrons. The van der Waals surface area contributed by atoms with E-state index in [9.17, 15) is 5.11 Å². The van der Waals surface area contributed by atoms with E-state index < -0.39 is 5.60 Å². The fraction of sp³-hybridized carbons (Fsp3) is 0.727. The molecular formula is C11H18N2OS. The lowest BCUT2D eigenvalue weighted by atomic mass is 9.79. The number of likely N-dealkylation sites (tertiary alicyclic amines) is 1. The van der Waals surface area contributed by atoms with Gasteiger partial charge in [0.2, 0.25) is 0 Å². The number of aliphatic hydroxyl groups is 1. The van der Waals surface area contributed by atoms with Crippen LogP contribution >= 0.6 is 11.3 Å². The standard InChI is InChI=1S/C11H18N2OS/c1-10(2)7-13(8-11(10,3)14)6-9-12-4-5-15-9/h4-5,14H,6-8H2,1-3H3/t11-/m1/s1. The summed E-state index contributed by atoms with van der Waals surface area (Å²) >= 11 is 1.68. The minimum atomic E-state index is -0.593. The van der Waals surface area contributed by atoms with Gasteiger partial charge in [-0.25, -0.2) is 4.98 Å². The molecule has 3 nitrogen and oxygen atoms in total. The zero-order chi connectivity index (χ0) is 11.1. The molecule has 1 atom stereocenters. The van der Waals surface area contributed by atoms with E-state index in [0.717, 1.165) is 24.6 Å². The van der Waals surface area contributed by atoms with Gasteiger partial charge in [0.05, 0.1) is 12.1 Å². The summed E-state index contributed by atoms with van der Waals surface area (Å²) in [5, 5.41) is 13.4. The van der Waals surface area contributed by atoms with Gasteiger partial charge in [-0.05, 0) is 6.92 Å². The molecule has 4 heteroatoms. The van der Waals surface area contributed by atoms with E-state index in [0.29, 0.717) is 0 Å². The molecule has 1 aromatic rings. The van der Waals surface area contributed by atoms with Crippen LogP contribution in [-0.2, 0) is 6.54 Å². The molecule has 2 rings (SSSR count). The first-order chi connectivity index (χ1) is 6.91. The van der Waals surface area contributed by atoms with E-state index >= 15 is 0 Å². The van der Waals surface area contributed by atoms with E-state index in [1.165, 1.54) is 0 Å². The zero-order valence-electron chi connectivity index (χ0n) is 9.53. The van der Waals surface area contributed by atoms with Gasteiger partial charge in [0.15, 0.2) is 0 Å². The molecule has 1 aromatic heterocycles. The summed E-state index contributed by atoms with van der Waals surface area (Å²) in [6.45, 7) is 8.69. The summed E-state index contributed by atoms with van der Waals surface area (Å²) in [4.78, 5) is 6.55. The molecule has 1 aliphatic rings. The van der Waals surface area contributed by atoms with Crippen molar-refractivity contribution >= 4 is 11.3 Å². The summed E-state index contributed by atoms with van der Waals surface area (Å²) in [5.74, 6) is 0. The number of thiazole rings is 1. The van der Waals surface area contributed by atoms with Crippen molar-refractivity contribution in [3.8, 4) is 0 Å². The first-order valence-corrected chi connectivity index (χ1v) is 6.12. The Kier molecular flexibility index (Phi) is 2.61. The smallest absolute Gasteiger partial charge is 0.107 e. The summed E-state index contributed by atoms with van der Waals surface area (Å²) in [5.41, 5.74) is -0.630. The molecule has 2 heterocycles. The minimum absolute atomic E-state index is 0.0374. The Morgan fingerprint density at radius 3 is 2.67 bits per heavy atom. The van der Waals surface area contributed by atoms with Crippen molar-refractivity contribution < 1.29 is 5.11 Å². The highest BCUT2D eigenvalue weighted by Gasteiger charge is 2.47. The maximum Gasteiger partial charge on any atom is 0.107 e. The van der Waals surface area contributed by atoms with Crippen molar-refractivity contribution in [3.05, 3.63) is 16.6 Å². The first-order valence-electron chi connectivity index (χ1n) is 5.24. The van der Waals surface area contributed by atoms with Gasteiger partial charge in [-0.15, -0.1) is 11.3 Å². The molecule has 0 saturated carbocycles. The second kappa shape index (κ2) is 3.54. The van der Waals surface area contributed by atoms with E-state index in [-0.39, 0.29) is 5.41 Å². The van der Waals surface area contributed by atoms with Crippen molar-refractivity contribution in [1.29, 1.82) is 0 Å². The van der Waals surface area contributed by atoms with Crippen LogP contribution in [0.25, 0.3) is 0 Å². The minimum Gasteiger partial charge on any atom is -0.388 e. The number of β-amino-alcohol motifs (C(OH)–C–C–N with tert-alkyl or cyclic N) is 1. The number of nitrogens with zero attached hydrogens (tertiary/aromatic N) is 2. The van der Waals surface area contributed by atoms with Gasteiger partial charge < -0.3 is 5.11 Å². The highest BCUT2D eigenvalue weighted by atomic mass is 32.1. The Hall–Kier alpha value is -0.450. The maximum atomic E-state index is 10.3. The fourth-order valence-electron chi connectivity index (χ4n) is 2.07. The van der Waals surface area contributed by atoms with Crippen LogP contribution in [0.3, 0.4) is 0 Å². The molecule has 1 saturated heterocycles. The monoisotopic (exact) mass is 226 g/mol. The highest BCUT2D eigenvalue weighted by molar-refractivity contribution is 7.09. The van der Waals surface area contributed by atoms with Crippen molar-refractivity contribution in [3.63, 3.8) is 0 Å². The lowest BCUT2D eigenvalue weighted by molar-refractivity contribution is -0.0111. The van der Waals surface area contributed by atoms with Gasteiger partial charge in [0, 0.05) is 30.1 Å². The van der Waals surface area contributed by atoms with Crippen molar-refractivity contribution in [1.82, 2.24) is 9.88 Å². The van der Waals surface area contributed by atoms with E-state index in [2.05, 4.69) is 23.7 Å². The number of aromatic nitrogens is 1. The summed E-state index contributed by atoms with van der Waals surface area (Å²) < 4.78 is 0. The molecule has 1 aliphatic heterocycles. The Balaban J connectivity index is 2.04. The normalized spacial score (nSPS) is 30.9. The summed E-state index contributed by atoms with van der Waals surface area (Å²) in [6, 6.07) is 0. The second-order valence-electron chi connectivity index (χ2n) is 5.23. The van der Waals surface area contributed by atoms with Crippen LogP contribution < -0.4 is 0 Å².